The van der Waals surface area contributed by atoms with Gasteiger partial charge in [-0.05, 0) is 48.1 Å². The summed E-state index contributed by atoms with van der Waals surface area (Å²) in [5.74, 6) is 2.19. The number of aryl methyl sites for hydroxylation is 1. The lowest BCUT2D eigenvalue weighted by Gasteiger charge is -2.21. The van der Waals surface area contributed by atoms with Gasteiger partial charge in [-0.1, -0.05) is 0 Å². The molecule has 6 heteroatoms. The Morgan fingerprint density at radius 3 is 2.52 bits per heavy atom. The zero-order valence-electron chi connectivity index (χ0n) is 12.5. The summed E-state index contributed by atoms with van der Waals surface area (Å²) in [6, 6.07) is 5.68. The number of halogens is 1. The molecule has 0 aliphatic heterocycles. The van der Waals surface area contributed by atoms with E-state index in [-0.39, 0.29) is 6.04 Å². The van der Waals surface area contributed by atoms with Crippen molar-refractivity contribution < 1.29 is 9.47 Å². The van der Waals surface area contributed by atoms with E-state index in [1.807, 2.05) is 32.2 Å². The standard InChI is InChI=1S/C15H18BrN3O2/c1-9-18-8-7-11(19-9)14(17-2)10-5-6-12(20-3)13(16)15(10)21-4/h5-8,14,17H,1-4H3. The van der Waals surface area contributed by atoms with Gasteiger partial charge in [0.15, 0.2) is 0 Å². The second kappa shape index (κ2) is 6.87. The van der Waals surface area contributed by atoms with E-state index in [4.69, 9.17) is 9.47 Å². The second-order valence-electron chi connectivity index (χ2n) is 4.45. The zero-order chi connectivity index (χ0) is 15.4. The molecule has 112 valence electrons. The van der Waals surface area contributed by atoms with Crippen LogP contribution in [0.5, 0.6) is 11.5 Å². The summed E-state index contributed by atoms with van der Waals surface area (Å²) < 4.78 is 11.6. The Morgan fingerprint density at radius 2 is 1.95 bits per heavy atom. The highest BCUT2D eigenvalue weighted by atomic mass is 79.9. The molecule has 0 amide bonds. The van der Waals surface area contributed by atoms with Crippen LogP contribution >= 0.6 is 15.9 Å². The molecule has 0 saturated carbocycles. The van der Waals surface area contributed by atoms with E-state index in [0.29, 0.717) is 0 Å². The number of hydrogen-bond donors (Lipinski definition) is 1. The average Bonchev–Trinajstić information content (AvgIpc) is 2.48. The van der Waals surface area contributed by atoms with Gasteiger partial charge in [-0.15, -0.1) is 0 Å². The Bertz CT molecular complexity index is 634. The highest BCUT2D eigenvalue weighted by molar-refractivity contribution is 9.10. The number of benzene rings is 1. The molecule has 0 radical (unpaired) electrons. The molecule has 1 aromatic heterocycles. The van der Waals surface area contributed by atoms with Gasteiger partial charge >= 0.3 is 0 Å². The molecule has 21 heavy (non-hydrogen) atoms. The smallest absolute Gasteiger partial charge is 0.141 e. The van der Waals surface area contributed by atoms with Crippen LogP contribution in [0.15, 0.2) is 28.9 Å². The quantitative estimate of drug-likeness (QED) is 0.897. The van der Waals surface area contributed by atoms with Crippen LogP contribution in [0.3, 0.4) is 0 Å². The Balaban J connectivity index is 2.55. The molecule has 1 heterocycles. The van der Waals surface area contributed by atoms with Gasteiger partial charge in [0.25, 0.3) is 0 Å². The lowest BCUT2D eigenvalue weighted by atomic mass is 10.0. The highest BCUT2D eigenvalue weighted by Gasteiger charge is 2.21. The predicted octanol–water partition coefficient (Wildman–Crippen LogP) is 2.87. The highest BCUT2D eigenvalue weighted by Crippen LogP contribution is 2.40. The van der Waals surface area contributed by atoms with E-state index in [2.05, 4.69) is 31.2 Å². The number of ether oxygens (including phenoxy) is 2. The molecule has 2 aromatic rings. The number of nitrogens with zero attached hydrogens (tertiary/aromatic N) is 2. The lowest BCUT2D eigenvalue weighted by molar-refractivity contribution is 0.383. The second-order valence-corrected chi connectivity index (χ2v) is 5.25. The molecule has 0 spiro atoms. The summed E-state index contributed by atoms with van der Waals surface area (Å²) in [6.45, 7) is 1.87. The zero-order valence-corrected chi connectivity index (χ0v) is 14.1. The van der Waals surface area contributed by atoms with Gasteiger partial charge in [0.1, 0.15) is 21.8 Å². The Morgan fingerprint density at radius 1 is 1.19 bits per heavy atom. The van der Waals surface area contributed by atoms with Gasteiger partial charge in [0.05, 0.1) is 26.0 Å². The van der Waals surface area contributed by atoms with Crippen molar-refractivity contribution in [2.24, 2.45) is 0 Å². The van der Waals surface area contributed by atoms with Gasteiger partial charge in [0, 0.05) is 11.8 Å². The fourth-order valence-electron chi connectivity index (χ4n) is 2.24. The maximum Gasteiger partial charge on any atom is 0.141 e. The van der Waals surface area contributed by atoms with E-state index in [0.717, 1.165) is 33.1 Å². The van der Waals surface area contributed by atoms with Crippen LogP contribution in [0.2, 0.25) is 0 Å². The van der Waals surface area contributed by atoms with Crippen molar-refractivity contribution in [3.8, 4) is 11.5 Å². The summed E-state index contributed by atoms with van der Waals surface area (Å²) in [7, 11) is 5.16. The number of nitrogens with one attached hydrogen (secondary N) is 1. The van der Waals surface area contributed by atoms with Crippen LogP contribution in [0.1, 0.15) is 23.1 Å². The first-order chi connectivity index (χ1) is 10.1. The van der Waals surface area contributed by atoms with Crippen molar-refractivity contribution >= 4 is 15.9 Å². The third-order valence-electron chi connectivity index (χ3n) is 3.21. The van der Waals surface area contributed by atoms with Gasteiger partial charge < -0.3 is 14.8 Å². The predicted molar refractivity (Wildman–Crippen MR) is 84.9 cm³/mol. The number of rotatable bonds is 5. The lowest BCUT2D eigenvalue weighted by Crippen LogP contribution is -2.20. The molecular weight excluding hydrogens is 334 g/mol. The molecule has 1 unspecified atom stereocenters. The third-order valence-corrected chi connectivity index (χ3v) is 3.96. The SMILES string of the molecule is CNC(c1ccnc(C)n1)c1ccc(OC)c(Br)c1OC. The molecular formula is C15H18BrN3O2. The fraction of sp³-hybridized carbons (Fsp3) is 0.333. The molecule has 5 nitrogen and oxygen atoms in total. The fourth-order valence-corrected chi connectivity index (χ4v) is 2.93. The minimum atomic E-state index is -0.0937. The molecule has 2 rings (SSSR count). The molecule has 0 bridgehead atoms. The van der Waals surface area contributed by atoms with Crippen molar-refractivity contribution in [2.75, 3.05) is 21.3 Å². The number of hydrogen-bond acceptors (Lipinski definition) is 5. The first kappa shape index (κ1) is 15.7. The van der Waals surface area contributed by atoms with Crippen LogP contribution in [0, 0.1) is 6.92 Å². The summed E-state index contributed by atoms with van der Waals surface area (Å²) in [5, 5.41) is 3.27. The van der Waals surface area contributed by atoms with Crippen LogP contribution < -0.4 is 14.8 Å². The Labute approximate surface area is 132 Å². The number of aromatic nitrogens is 2. The van der Waals surface area contributed by atoms with E-state index in [9.17, 15) is 0 Å². The molecule has 1 atom stereocenters. The van der Waals surface area contributed by atoms with Gasteiger partial charge in [-0.3, -0.25) is 0 Å². The Hall–Kier alpha value is -1.66. The summed E-state index contributed by atoms with van der Waals surface area (Å²) >= 11 is 3.53. The molecule has 0 fully saturated rings. The first-order valence-electron chi connectivity index (χ1n) is 6.49. The van der Waals surface area contributed by atoms with Crippen LogP contribution in [-0.2, 0) is 0 Å². The maximum atomic E-state index is 5.54. The number of methoxy groups -OCH3 is 2. The summed E-state index contributed by atoms with van der Waals surface area (Å²) in [6.07, 6.45) is 1.76. The van der Waals surface area contributed by atoms with Crippen molar-refractivity contribution in [3.63, 3.8) is 0 Å². The van der Waals surface area contributed by atoms with Crippen LogP contribution in [0.4, 0.5) is 0 Å². The Kier molecular flexibility index (Phi) is 5.14. The molecule has 0 aliphatic rings. The van der Waals surface area contributed by atoms with Crippen molar-refractivity contribution in [1.82, 2.24) is 15.3 Å². The van der Waals surface area contributed by atoms with E-state index in [1.165, 1.54) is 0 Å². The summed E-state index contributed by atoms with van der Waals surface area (Å²) in [4.78, 5) is 8.63. The van der Waals surface area contributed by atoms with Crippen LogP contribution in [-0.4, -0.2) is 31.2 Å². The molecule has 0 aliphatic carbocycles. The van der Waals surface area contributed by atoms with Crippen LogP contribution in [0.25, 0.3) is 0 Å². The van der Waals surface area contributed by atoms with Gasteiger partial charge in [0.2, 0.25) is 0 Å². The first-order valence-corrected chi connectivity index (χ1v) is 7.28. The maximum absolute atomic E-state index is 5.54. The monoisotopic (exact) mass is 351 g/mol. The van der Waals surface area contributed by atoms with Crippen molar-refractivity contribution in [1.29, 1.82) is 0 Å². The van der Waals surface area contributed by atoms with E-state index in [1.54, 1.807) is 20.4 Å². The largest absolute Gasteiger partial charge is 0.495 e. The molecule has 1 aromatic carbocycles. The third kappa shape index (κ3) is 3.16. The minimum Gasteiger partial charge on any atom is -0.495 e. The average molecular weight is 352 g/mol. The van der Waals surface area contributed by atoms with E-state index < -0.39 is 0 Å². The summed E-state index contributed by atoms with van der Waals surface area (Å²) in [5.41, 5.74) is 1.87. The molecule has 0 saturated heterocycles. The normalized spacial score (nSPS) is 12.0. The van der Waals surface area contributed by atoms with Crippen molar-refractivity contribution in [2.45, 2.75) is 13.0 Å². The molecule has 1 N–H and O–H groups in total. The van der Waals surface area contributed by atoms with Gasteiger partial charge in [-0.2, -0.15) is 0 Å². The van der Waals surface area contributed by atoms with Gasteiger partial charge in [-0.25, -0.2) is 9.97 Å². The van der Waals surface area contributed by atoms with E-state index >= 15 is 0 Å². The topological polar surface area (TPSA) is 56.3 Å². The minimum absolute atomic E-state index is 0.0937. The van der Waals surface area contributed by atoms with Crippen molar-refractivity contribution in [3.05, 3.63) is 46.0 Å².